The molecular weight excluding hydrogens is 264 g/mol. The number of aryl methyl sites for hydroxylation is 2. The van der Waals surface area contributed by atoms with Crippen LogP contribution in [0.5, 0.6) is 0 Å². The van der Waals surface area contributed by atoms with Crippen LogP contribution in [-0.2, 0) is 12.0 Å². The molecule has 0 amide bonds. The highest BCUT2D eigenvalue weighted by Gasteiger charge is 2.42. The number of rotatable bonds is 5. The van der Waals surface area contributed by atoms with Gasteiger partial charge in [0.05, 0.1) is 11.2 Å². The molecule has 0 bridgehead atoms. The number of aromatic nitrogens is 1. The van der Waals surface area contributed by atoms with Gasteiger partial charge in [0.25, 0.3) is 0 Å². The van der Waals surface area contributed by atoms with Crippen LogP contribution < -0.4 is 5.32 Å². The SMILES string of the molecule is CCc1nc(C2(NC3CC3)CCC(CC)CC2)sc1C. The molecule has 2 saturated carbocycles. The van der Waals surface area contributed by atoms with E-state index >= 15 is 0 Å². The van der Waals surface area contributed by atoms with Crippen LogP contribution >= 0.6 is 11.3 Å². The lowest BCUT2D eigenvalue weighted by atomic mass is 9.75. The van der Waals surface area contributed by atoms with Crippen molar-refractivity contribution < 1.29 is 0 Å². The molecule has 3 rings (SSSR count). The number of nitrogens with zero attached hydrogens (tertiary/aromatic N) is 1. The van der Waals surface area contributed by atoms with E-state index in [9.17, 15) is 0 Å². The van der Waals surface area contributed by atoms with E-state index in [1.54, 1.807) is 0 Å². The summed E-state index contributed by atoms with van der Waals surface area (Å²) in [5, 5.41) is 5.36. The highest BCUT2D eigenvalue weighted by molar-refractivity contribution is 7.11. The first-order valence-corrected chi connectivity index (χ1v) is 9.23. The summed E-state index contributed by atoms with van der Waals surface area (Å²) in [6, 6.07) is 0.766. The Morgan fingerprint density at radius 3 is 2.40 bits per heavy atom. The van der Waals surface area contributed by atoms with E-state index in [4.69, 9.17) is 4.98 Å². The Morgan fingerprint density at radius 1 is 1.20 bits per heavy atom. The Kier molecular flexibility index (Phi) is 4.19. The average Bonchev–Trinajstić information content (AvgIpc) is 3.19. The van der Waals surface area contributed by atoms with E-state index in [1.165, 1.54) is 60.5 Å². The first kappa shape index (κ1) is 14.5. The maximum Gasteiger partial charge on any atom is 0.113 e. The lowest BCUT2D eigenvalue weighted by molar-refractivity contribution is 0.182. The zero-order valence-corrected chi connectivity index (χ0v) is 14.0. The minimum Gasteiger partial charge on any atom is -0.303 e. The van der Waals surface area contributed by atoms with E-state index in [1.807, 2.05) is 11.3 Å². The van der Waals surface area contributed by atoms with Crippen LogP contribution in [0, 0.1) is 12.8 Å². The van der Waals surface area contributed by atoms with Crippen LogP contribution in [0.4, 0.5) is 0 Å². The molecule has 2 fully saturated rings. The number of hydrogen-bond donors (Lipinski definition) is 1. The van der Waals surface area contributed by atoms with E-state index in [0.29, 0.717) is 0 Å². The molecule has 0 aliphatic heterocycles. The molecule has 2 aliphatic carbocycles. The third-order valence-electron chi connectivity index (χ3n) is 5.23. The molecular formula is C17H28N2S. The Labute approximate surface area is 127 Å². The van der Waals surface area contributed by atoms with E-state index in [2.05, 4.69) is 26.1 Å². The minimum absolute atomic E-state index is 0.204. The quantitative estimate of drug-likeness (QED) is 0.860. The van der Waals surface area contributed by atoms with Gasteiger partial charge in [0.2, 0.25) is 0 Å². The predicted molar refractivity (Wildman–Crippen MR) is 86.3 cm³/mol. The van der Waals surface area contributed by atoms with Crippen molar-refractivity contribution in [1.29, 1.82) is 0 Å². The Morgan fingerprint density at radius 2 is 1.90 bits per heavy atom. The fourth-order valence-electron chi connectivity index (χ4n) is 3.58. The van der Waals surface area contributed by atoms with E-state index in [-0.39, 0.29) is 5.54 Å². The van der Waals surface area contributed by atoms with Gasteiger partial charge in [0, 0.05) is 10.9 Å². The molecule has 0 spiro atoms. The number of hydrogen-bond acceptors (Lipinski definition) is 3. The van der Waals surface area contributed by atoms with Gasteiger partial charge in [0.15, 0.2) is 0 Å². The molecule has 1 N–H and O–H groups in total. The maximum absolute atomic E-state index is 5.01. The number of thiazole rings is 1. The first-order chi connectivity index (χ1) is 9.66. The minimum atomic E-state index is 0.204. The van der Waals surface area contributed by atoms with Gasteiger partial charge < -0.3 is 5.32 Å². The molecule has 2 aliphatic rings. The molecule has 1 heterocycles. The fraction of sp³-hybridized carbons (Fsp3) is 0.824. The molecule has 0 unspecified atom stereocenters. The van der Waals surface area contributed by atoms with Gasteiger partial charge in [-0.1, -0.05) is 20.3 Å². The van der Waals surface area contributed by atoms with Crippen molar-refractivity contribution >= 4 is 11.3 Å². The standard InChI is InChI=1S/C17H28N2S/c1-4-13-8-10-17(11-9-13,19-14-6-7-14)16-18-15(5-2)12(3)20-16/h13-14,19H,4-11H2,1-3H3. The third-order valence-corrected chi connectivity index (χ3v) is 6.45. The summed E-state index contributed by atoms with van der Waals surface area (Å²) in [6.07, 6.45) is 10.5. The Balaban J connectivity index is 1.84. The number of nitrogens with one attached hydrogen (secondary N) is 1. The van der Waals surface area contributed by atoms with Crippen LogP contribution in [0.15, 0.2) is 0 Å². The van der Waals surface area contributed by atoms with Gasteiger partial charge in [-0.05, 0) is 57.8 Å². The van der Waals surface area contributed by atoms with Crippen molar-refractivity contribution in [3.05, 3.63) is 15.6 Å². The van der Waals surface area contributed by atoms with Crippen molar-refractivity contribution in [1.82, 2.24) is 10.3 Å². The maximum atomic E-state index is 5.01. The molecule has 20 heavy (non-hydrogen) atoms. The van der Waals surface area contributed by atoms with Gasteiger partial charge in [-0.3, -0.25) is 0 Å². The Hall–Kier alpha value is -0.410. The highest BCUT2D eigenvalue weighted by Crippen LogP contribution is 2.44. The largest absolute Gasteiger partial charge is 0.303 e. The van der Waals surface area contributed by atoms with Crippen molar-refractivity contribution in [3.8, 4) is 0 Å². The average molecular weight is 292 g/mol. The molecule has 0 aromatic carbocycles. The van der Waals surface area contributed by atoms with Crippen molar-refractivity contribution in [2.75, 3.05) is 0 Å². The van der Waals surface area contributed by atoms with Gasteiger partial charge in [0.1, 0.15) is 5.01 Å². The summed E-state index contributed by atoms with van der Waals surface area (Å²) in [4.78, 5) is 6.44. The second-order valence-corrected chi connectivity index (χ2v) is 7.93. The predicted octanol–water partition coefficient (Wildman–Crippen LogP) is 4.56. The van der Waals surface area contributed by atoms with Gasteiger partial charge in [-0.15, -0.1) is 11.3 Å². The second kappa shape index (κ2) is 5.76. The zero-order valence-electron chi connectivity index (χ0n) is 13.2. The molecule has 2 nitrogen and oxygen atoms in total. The highest BCUT2D eigenvalue weighted by atomic mass is 32.1. The topological polar surface area (TPSA) is 24.9 Å². The Bertz CT molecular complexity index is 454. The first-order valence-electron chi connectivity index (χ1n) is 8.41. The van der Waals surface area contributed by atoms with Gasteiger partial charge >= 0.3 is 0 Å². The normalized spacial score (nSPS) is 30.6. The summed E-state index contributed by atoms with van der Waals surface area (Å²) >= 11 is 1.95. The van der Waals surface area contributed by atoms with Crippen LogP contribution in [0.25, 0.3) is 0 Å². The van der Waals surface area contributed by atoms with Crippen LogP contribution in [-0.4, -0.2) is 11.0 Å². The van der Waals surface area contributed by atoms with Crippen molar-refractivity contribution in [2.24, 2.45) is 5.92 Å². The molecule has 1 aromatic rings. The molecule has 1 aromatic heterocycles. The molecule has 0 radical (unpaired) electrons. The molecule has 0 saturated heterocycles. The molecule has 112 valence electrons. The van der Waals surface area contributed by atoms with Crippen LogP contribution in [0.1, 0.15) is 74.4 Å². The molecule has 3 heteroatoms. The summed E-state index contributed by atoms with van der Waals surface area (Å²) in [5.74, 6) is 0.941. The van der Waals surface area contributed by atoms with Crippen LogP contribution in [0.3, 0.4) is 0 Å². The second-order valence-electron chi connectivity index (χ2n) is 6.73. The fourth-order valence-corrected chi connectivity index (χ4v) is 4.79. The van der Waals surface area contributed by atoms with Crippen LogP contribution in [0.2, 0.25) is 0 Å². The summed E-state index contributed by atoms with van der Waals surface area (Å²) < 4.78 is 0. The van der Waals surface area contributed by atoms with Gasteiger partial charge in [-0.25, -0.2) is 4.98 Å². The van der Waals surface area contributed by atoms with Crippen molar-refractivity contribution in [2.45, 2.75) is 83.7 Å². The summed E-state index contributed by atoms with van der Waals surface area (Å²) in [6.45, 7) is 6.80. The lowest BCUT2D eigenvalue weighted by Gasteiger charge is -2.39. The third kappa shape index (κ3) is 2.80. The van der Waals surface area contributed by atoms with Crippen molar-refractivity contribution in [3.63, 3.8) is 0 Å². The zero-order chi connectivity index (χ0) is 14.2. The lowest BCUT2D eigenvalue weighted by Crippen LogP contribution is -2.46. The summed E-state index contributed by atoms with van der Waals surface area (Å²) in [5.41, 5.74) is 1.52. The van der Waals surface area contributed by atoms with E-state index < -0.39 is 0 Å². The van der Waals surface area contributed by atoms with Gasteiger partial charge in [-0.2, -0.15) is 0 Å². The monoisotopic (exact) mass is 292 g/mol. The molecule has 0 atom stereocenters. The van der Waals surface area contributed by atoms with E-state index in [0.717, 1.165) is 18.4 Å². The summed E-state index contributed by atoms with van der Waals surface area (Å²) in [7, 11) is 0. The smallest absolute Gasteiger partial charge is 0.113 e.